The summed E-state index contributed by atoms with van der Waals surface area (Å²) in [6.45, 7) is 0. The first-order valence-electron chi connectivity index (χ1n) is 7.46. The number of nitro benzene ring substituents is 1. The Balaban J connectivity index is 2.16. The van der Waals surface area contributed by atoms with E-state index in [1.165, 1.54) is 30.3 Å². The zero-order valence-electron chi connectivity index (χ0n) is 13.5. The number of hydrogen-bond donors (Lipinski definition) is 3. The van der Waals surface area contributed by atoms with Crippen LogP contribution in [0.2, 0.25) is 0 Å². The number of nitrogens with one attached hydrogen (secondary N) is 1. The van der Waals surface area contributed by atoms with Gasteiger partial charge in [0.25, 0.3) is 21.7 Å². The number of carbonyl (C=O) groups excluding carboxylic acids is 1. The quantitative estimate of drug-likeness (QED) is 0.269. The zero-order valence-corrected chi connectivity index (χ0v) is 14.3. The summed E-state index contributed by atoms with van der Waals surface area (Å²) in [7, 11) is -4.78. The van der Waals surface area contributed by atoms with Crippen LogP contribution in [0.4, 0.5) is 11.4 Å². The van der Waals surface area contributed by atoms with Gasteiger partial charge in [-0.1, -0.05) is 30.3 Å². The number of rotatable bonds is 4. The molecule has 0 bridgehead atoms. The highest BCUT2D eigenvalue weighted by atomic mass is 32.2. The van der Waals surface area contributed by atoms with Crippen molar-refractivity contribution < 1.29 is 27.8 Å². The lowest BCUT2D eigenvalue weighted by atomic mass is 10.1. The summed E-state index contributed by atoms with van der Waals surface area (Å²) in [6, 6.07) is 11.8. The van der Waals surface area contributed by atoms with Gasteiger partial charge in [-0.15, -0.1) is 0 Å². The average molecular weight is 388 g/mol. The maximum Gasteiger partial charge on any atom is 0.296 e. The molecule has 0 aliphatic carbocycles. The maximum absolute atomic E-state index is 12.5. The number of nitro groups is 1. The molecule has 0 spiro atoms. The highest BCUT2D eigenvalue weighted by Gasteiger charge is 2.23. The smallest absolute Gasteiger partial charge is 0.296 e. The number of fused-ring (bicyclic) bond motifs is 1. The lowest BCUT2D eigenvalue weighted by Crippen LogP contribution is -2.15. The Hall–Kier alpha value is -3.50. The first-order chi connectivity index (χ1) is 12.7. The van der Waals surface area contributed by atoms with Gasteiger partial charge in [-0.3, -0.25) is 19.5 Å². The molecule has 0 unspecified atom stereocenters. The van der Waals surface area contributed by atoms with Crippen LogP contribution in [0.1, 0.15) is 10.4 Å². The second kappa shape index (κ2) is 6.67. The molecular formula is C17H12N2O7S. The number of phenols is 1. The highest BCUT2D eigenvalue weighted by molar-refractivity contribution is 7.86. The molecule has 27 heavy (non-hydrogen) atoms. The summed E-state index contributed by atoms with van der Waals surface area (Å²) >= 11 is 0. The van der Waals surface area contributed by atoms with E-state index in [9.17, 15) is 33.0 Å². The van der Waals surface area contributed by atoms with Gasteiger partial charge >= 0.3 is 0 Å². The van der Waals surface area contributed by atoms with Crippen molar-refractivity contribution in [2.45, 2.75) is 4.90 Å². The summed E-state index contributed by atoms with van der Waals surface area (Å²) in [6.07, 6.45) is 0. The van der Waals surface area contributed by atoms with Gasteiger partial charge in [0.1, 0.15) is 10.6 Å². The summed E-state index contributed by atoms with van der Waals surface area (Å²) < 4.78 is 32.9. The van der Waals surface area contributed by atoms with Gasteiger partial charge < -0.3 is 10.4 Å². The van der Waals surface area contributed by atoms with E-state index in [4.69, 9.17) is 0 Å². The number of carbonyl (C=O) groups is 1. The number of benzene rings is 3. The molecule has 3 aromatic rings. The highest BCUT2D eigenvalue weighted by Crippen LogP contribution is 2.37. The molecule has 0 saturated heterocycles. The van der Waals surface area contributed by atoms with E-state index in [2.05, 4.69) is 5.32 Å². The third kappa shape index (κ3) is 3.57. The Morgan fingerprint density at radius 3 is 2.33 bits per heavy atom. The molecule has 0 atom stereocenters. The Kier molecular flexibility index (Phi) is 4.52. The largest absolute Gasteiger partial charge is 0.507 e. The van der Waals surface area contributed by atoms with Gasteiger partial charge in [0.05, 0.1) is 10.6 Å². The van der Waals surface area contributed by atoms with Crippen LogP contribution in [0, 0.1) is 10.1 Å². The summed E-state index contributed by atoms with van der Waals surface area (Å²) in [5.74, 6) is -1.22. The number of aromatic hydroxyl groups is 1. The van der Waals surface area contributed by atoms with Crippen molar-refractivity contribution in [1.82, 2.24) is 0 Å². The van der Waals surface area contributed by atoms with Crippen LogP contribution >= 0.6 is 0 Å². The minimum Gasteiger partial charge on any atom is -0.507 e. The molecular weight excluding hydrogens is 376 g/mol. The van der Waals surface area contributed by atoms with E-state index in [0.29, 0.717) is 0 Å². The number of phenolic OH excluding ortho intramolecular Hbond substituents is 1. The van der Waals surface area contributed by atoms with E-state index in [-0.39, 0.29) is 27.7 Å². The molecule has 9 nitrogen and oxygen atoms in total. The van der Waals surface area contributed by atoms with E-state index in [1.807, 2.05) is 0 Å². The topological polar surface area (TPSA) is 147 Å². The van der Waals surface area contributed by atoms with Gasteiger partial charge in [-0.25, -0.2) is 0 Å². The summed E-state index contributed by atoms with van der Waals surface area (Å²) in [5.41, 5.74) is -0.640. The van der Waals surface area contributed by atoms with Crippen molar-refractivity contribution in [3.63, 3.8) is 0 Å². The Morgan fingerprint density at radius 2 is 1.70 bits per heavy atom. The molecule has 0 heterocycles. The van der Waals surface area contributed by atoms with Gasteiger partial charge in [0, 0.05) is 34.5 Å². The van der Waals surface area contributed by atoms with Gasteiger partial charge in [-0.2, -0.15) is 8.42 Å². The average Bonchev–Trinajstić information content (AvgIpc) is 2.63. The minimum absolute atomic E-state index is 0.0809. The molecule has 3 N–H and O–H groups in total. The Bertz CT molecular complexity index is 1190. The first-order valence-corrected chi connectivity index (χ1v) is 8.90. The van der Waals surface area contributed by atoms with Crippen molar-refractivity contribution in [3.05, 3.63) is 70.3 Å². The molecule has 3 aromatic carbocycles. The van der Waals surface area contributed by atoms with Crippen LogP contribution in [0.3, 0.4) is 0 Å². The fourth-order valence-electron chi connectivity index (χ4n) is 2.61. The van der Waals surface area contributed by atoms with Crippen molar-refractivity contribution in [2.24, 2.45) is 0 Å². The maximum atomic E-state index is 12.5. The number of amides is 1. The number of non-ortho nitro benzene ring substituents is 1. The number of nitrogens with zero attached hydrogens (tertiary/aromatic N) is 1. The third-order valence-corrected chi connectivity index (χ3v) is 4.70. The van der Waals surface area contributed by atoms with Crippen molar-refractivity contribution in [1.29, 1.82) is 0 Å². The van der Waals surface area contributed by atoms with Crippen molar-refractivity contribution in [3.8, 4) is 5.75 Å². The summed E-state index contributed by atoms with van der Waals surface area (Å²) in [5, 5.41) is 23.7. The molecule has 3 rings (SSSR count). The molecule has 0 fully saturated rings. The SMILES string of the molecule is O=C(Nc1c(S(=O)(=O)O)cc(O)c2ccccc12)c1cccc([N+](=O)[O-])c1. The lowest BCUT2D eigenvalue weighted by molar-refractivity contribution is -0.384. The van der Waals surface area contributed by atoms with E-state index in [1.54, 1.807) is 12.1 Å². The van der Waals surface area contributed by atoms with Crippen LogP contribution in [0.15, 0.2) is 59.5 Å². The second-order valence-corrected chi connectivity index (χ2v) is 6.94. The number of hydrogen-bond acceptors (Lipinski definition) is 6. The fraction of sp³-hybridized carbons (Fsp3) is 0. The normalized spacial score (nSPS) is 11.3. The van der Waals surface area contributed by atoms with Crippen LogP contribution in [0.5, 0.6) is 5.75 Å². The molecule has 1 amide bonds. The molecule has 0 saturated carbocycles. The van der Waals surface area contributed by atoms with Crippen LogP contribution in [-0.4, -0.2) is 28.9 Å². The molecule has 0 aliphatic heterocycles. The fourth-order valence-corrected chi connectivity index (χ4v) is 3.29. The zero-order chi connectivity index (χ0) is 19.8. The molecule has 10 heteroatoms. The Morgan fingerprint density at radius 1 is 1.04 bits per heavy atom. The molecule has 138 valence electrons. The lowest BCUT2D eigenvalue weighted by Gasteiger charge is -2.14. The van der Waals surface area contributed by atoms with E-state index < -0.39 is 31.6 Å². The summed E-state index contributed by atoms with van der Waals surface area (Å²) in [4.78, 5) is 22.0. The standard InChI is InChI=1S/C17H12N2O7S/c20-14-9-15(27(24,25)26)16(13-7-2-1-6-12(13)14)18-17(21)10-4-3-5-11(8-10)19(22)23/h1-9,20H,(H,18,21)(H,24,25,26). The van der Waals surface area contributed by atoms with Gasteiger partial charge in [0.2, 0.25) is 0 Å². The van der Waals surface area contributed by atoms with Crippen LogP contribution < -0.4 is 5.32 Å². The number of anilines is 1. The predicted octanol–water partition coefficient (Wildman–Crippen LogP) is 2.95. The van der Waals surface area contributed by atoms with Crippen LogP contribution in [0.25, 0.3) is 10.8 Å². The van der Waals surface area contributed by atoms with E-state index >= 15 is 0 Å². The van der Waals surface area contributed by atoms with Gasteiger partial charge in [0.15, 0.2) is 0 Å². The monoisotopic (exact) mass is 388 g/mol. The Labute approximate surface area is 152 Å². The predicted molar refractivity (Wildman–Crippen MR) is 96.5 cm³/mol. The van der Waals surface area contributed by atoms with Crippen LogP contribution in [-0.2, 0) is 10.1 Å². The van der Waals surface area contributed by atoms with Crippen molar-refractivity contribution in [2.75, 3.05) is 5.32 Å². The van der Waals surface area contributed by atoms with Crippen molar-refractivity contribution >= 4 is 38.2 Å². The van der Waals surface area contributed by atoms with Gasteiger partial charge in [-0.05, 0) is 6.07 Å². The first kappa shape index (κ1) is 18.3. The molecule has 0 aliphatic rings. The third-order valence-electron chi connectivity index (χ3n) is 3.82. The molecule has 0 aromatic heterocycles. The molecule has 0 radical (unpaired) electrons. The van der Waals surface area contributed by atoms with E-state index in [0.717, 1.165) is 12.1 Å². The second-order valence-electron chi connectivity index (χ2n) is 5.55. The minimum atomic E-state index is -4.78.